The molecule has 1 aliphatic rings. The van der Waals surface area contributed by atoms with Crippen LogP contribution in [-0.2, 0) is 6.54 Å². The third-order valence-electron chi connectivity index (χ3n) is 4.04. The molecule has 1 fully saturated rings. The van der Waals surface area contributed by atoms with E-state index >= 15 is 0 Å². The van der Waals surface area contributed by atoms with Crippen molar-refractivity contribution in [1.82, 2.24) is 4.90 Å². The molecule has 2 nitrogen and oxygen atoms in total. The van der Waals surface area contributed by atoms with Crippen molar-refractivity contribution in [2.45, 2.75) is 44.4 Å². The predicted molar refractivity (Wildman–Crippen MR) is 90.7 cm³/mol. The summed E-state index contributed by atoms with van der Waals surface area (Å²) in [6.45, 7) is 3.03. The Morgan fingerprint density at radius 3 is 2.67 bits per heavy atom. The molecule has 3 rings (SSSR count). The first-order valence-electron chi connectivity index (χ1n) is 7.43. The Labute approximate surface area is 135 Å². The van der Waals surface area contributed by atoms with Gasteiger partial charge >= 0.3 is 0 Å². The molecule has 0 spiro atoms. The SMILES string of the molecule is CC(N)C(c1ccccc1Cl)N(Cc1ccsc1)C1CC1. The van der Waals surface area contributed by atoms with Crippen molar-refractivity contribution in [2.75, 3.05) is 0 Å². The average Bonchev–Trinajstić information content (AvgIpc) is 3.17. The van der Waals surface area contributed by atoms with Crippen LogP contribution in [0.2, 0.25) is 5.02 Å². The summed E-state index contributed by atoms with van der Waals surface area (Å²) in [5.41, 5.74) is 8.85. The van der Waals surface area contributed by atoms with Crippen LogP contribution in [0.15, 0.2) is 41.1 Å². The largest absolute Gasteiger partial charge is 0.326 e. The van der Waals surface area contributed by atoms with Crippen LogP contribution >= 0.6 is 22.9 Å². The van der Waals surface area contributed by atoms with Crippen molar-refractivity contribution in [3.8, 4) is 0 Å². The number of nitrogens with zero attached hydrogens (tertiary/aromatic N) is 1. The van der Waals surface area contributed by atoms with Crippen molar-refractivity contribution in [1.29, 1.82) is 0 Å². The highest BCUT2D eigenvalue weighted by atomic mass is 35.5. The molecule has 0 radical (unpaired) electrons. The molecule has 2 N–H and O–H groups in total. The second-order valence-electron chi connectivity index (χ2n) is 5.86. The lowest BCUT2D eigenvalue weighted by molar-refractivity contribution is 0.158. The van der Waals surface area contributed by atoms with Gasteiger partial charge in [-0.3, -0.25) is 4.90 Å². The molecular weight excluding hydrogens is 300 g/mol. The van der Waals surface area contributed by atoms with Gasteiger partial charge in [0.05, 0.1) is 6.04 Å². The molecule has 1 aromatic carbocycles. The Hall–Kier alpha value is -0.870. The molecule has 0 aliphatic heterocycles. The van der Waals surface area contributed by atoms with E-state index in [-0.39, 0.29) is 12.1 Å². The molecule has 2 atom stereocenters. The van der Waals surface area contributed by atoms with Crippen LogP contribution in [0.3, 0.4) is 0 Å². The minimum Gasteiger partial charge on any atom is -0.326 e. The summed E-state index contributed by atoms with van der Waals surface area (Å²) >= 11 is 8.18. The first-order valence-corrected chi connectivity index (χ1v) is 8.75. The summed E-state index contributed by atoms with van der Waals surface area (Å²) < 4.78 is 0. The van der Waals surface area contributed by atoms with Gasteiger partial charge in [0.25, 0.3) is 0 Å². The predicted octanol–water partition coefficient (Wildman–Crippen LogP) is 4.45. The monoisotopic (exact) mass is 320 g/mol. The average molecular weight is 321 g/mol. The van der Waals surface area contributed by atoms with Gasteiger partial charge in [0.2, 0.25) is 0 Å². The van der Waals surface area contributed by atoms with Gasteiger partial charge in [-0.05, 0) is 53.8 Å². The van der Waals surface area contributed by atoms with Crippen molar-refractivity contribution in [3.05, 3.63) is 57.2 Å². The maximum Gasteiger partial charge on any atom is 0.0517 e. The Bertz CT molecular complexity index is 578. The summed E-state index contributed by atoms with van der Waals surface area (Å²) in [5, 5.41) is 5.17. The smallest absolute Gasteiger partial charge is 0.0517 e. The van der Waals surface area contributed by atoms with Gasteiger partial charge in [0.15, 0.2) is 0 Å². The summed E-state index contributed by atoms with van der Waals surface area (Å²) in [6.07, 6.45) is 2.52. The van der Waals surface area contributed by atoms with E-state index in [0.717, 1.165) is 17.1 Å². The quantitative estimate of drug-likeness (QED) is 0.851. The van der Waals surface area contributed by atoms with Gasteiger partial charge in [0.1, 0.15) is 0 Å². The van der Waals surface area contributed by atoms with Gasteiger partial charge in [-0.1, -0.05) is 29.8 Å². The number of hydrogen-bond acceptors (Lipinski definition) is 3. The second-order valence-corrected chi connectivity index (χ2v) is 7.05. The van der Waals surface area contributed by atoms with E-state index in [4.69, 9.17) is 17.3 Å². The van der Waals surface area contributed by atoms with E-state index in [0.29, 0.717) is 6.04 Å². The third kappa shape index (κ3) is 3.49. The fraction of sp³-hybridized carbons (Fsp3) is 0.412. The standard InChI is InChI=1S/C17H21ClN2S/c1-12(19)17(15-4-2-3-5-16(15)18)20(14-6-7-14)10-13-8-9-21-11-13/h2-5,8-9,11-12,14,17H,6-7,10,19H2,1H3. The highest BCUT2D eigenvalue weighted by Gasteiger charge is 2.36. The van der Waals surface area contributed by atoms with E-state index in [1.807, 2.05) is 18.2 Å². The van der Waals surface area contributed by atoms with Crippen molar-refractivity contribution in [3.63, 3.8) is 0 Å². The maximum absolute atomic E-state index is 6.43. The van der Waals surface area contributed by atoms with Crippen LogP contribution in [0.4, 0.5) is 0 Å². The number of rotatable bonds is 6. The van der Waals surface area contributed by atoms with Crippen LogP contribution in [0.1, 0.15) is 36.9 Å². The molecule has 1 aromatic heterocycles. The molecule has 2 unspecified atom stereocenters. The highest BCUT2D eigenvalue weighted by Crippen LogP contribution is 2.39. The van der Waals surface area contributed by atoms with E-state index in [2.05, 4.69) is 34.7 Å². The van der Waals surface area contributed by atoms with Crippen LogP contribution in [-0.4, -0.2) is 17.0 Å². The molecule has 112 valence electrons. The zero-order valence-corrected chi connectivity index (χ0v) is 13.8. The number of hydrogen-bond donors (Lipinski definition) is 1. The van der Waals surface area contributed by atoms with Gasteiger partial charge < -0.3 is 5.73 Å². The lowest BCUT2D eigenvalue weighted by atomic mass is 9.98. The first kappa shape index (κ1) is 15.0. The van der Waals surface area contributed by atoms with Gasteiger partial charge in [0, 0.05) is 23.7 Å². The van der Waals surface area contributed by atoms with E-state index in [1.54, 1.807) is 11.3 Å². The van der Waals surface area contributed by atoms with E-state index < -0.39 is 0 Å². The zero-order chi connectivity index (χ0) is 14.8. The fourth-order valence-corrected chi connectivity index (χ4v) is 3.84. The number of halogens is 1. The Kier molecular flexibility index (Phi) is 4.65. The molecule has 0 bridgehead atoms. The Balaban J connectivity index is 1.92. The van der Waals surface area contributed by atoms with Gasteiger partial charge in [-0.25, -0.2) is 0 Å². The lowest BCUT2D eigenvalue weighted by Crippen LogP contribution is -2.40. The van der Waals surface area contributed by atoms with Crippen LogP contribution < -0.4 is 5.73 Å². The summed E-state index contributed by atoms with van der Waals surface area (Å²) in [7, 11) is 0. The minimum absolute atomic E-state index is 0.0455. The molecule has 21 heavy (non-hydrogen) atoms. The molecule has 2 aromatic rings. The van der Waals surface area contributed by atoms with Crippen molar-refractivity contribution >= 4 is 22.9 Å². The van der Waals surface area contributed by atoms with Crippen molar-refractivity contribution < 1.29 is 0 Å². The first-order chi connectivity index (χ1) is 10.2. The van der Waals surface area contributed by atoms with E-state index in [1.165, 1.54) is 18.4 Å². The van der Waals surface area contributed by atoms with Crippen LogP contribution in [0.25, 0.3) is 0 Å². The van der Waals surface area contributed by atoms with Crippen LogP contribution in [0, 0.1) is 0 Å². The lowest BCUT2D eigenvalue weighted by Gasteiger charge is -2.35. The Morgan fingerprint density at radius 2 is 2.10 bits per heavy atom. The maximum atomic E-state index is 6.43. The van der Waals surface area contributed by atoms with Crippen molar-refractivity contribution in [2.24, 2.45) is 5.73 Å². The third-order valence-corrected chi connectivity index (χ3v) is 5.12. The fourth-order valence-electron chi connectivity index (χ4n) is 2.93. The second kappa shape index (κ2) is 6.49. The highest BCUT2D eigenvalue weighted by molar-refractivity contribution is 7.07. The Morgan fingerprint density at radius 1 is 1.33 bits per heavy atom. The molecule has 4 heteroatoms. The van der Waals surface area contributed by atoms with E-state index in [9.17, 15) is 0 Å². The van der Waals surface area contributed by atoms with Crippen LogP contribution in [0.5, 0.6) is 0 Å². The molecule has 1 saturated carbocycles. The number of nitrogens with two attached hydrogens (primary N) is 1. The van der Waals surface area contributed by atoms with Gasteiger partial charge in [-0.2, -0.15) is 11.3 Å². The number of thiophene rings is 1. The zero-order valence-electron chi connectivity index (χ0n) is 12.2. The topological polar surface area (TPSA) is 29.3 Å². The van der Waals surface area contributed by atoms with Gasteiger partial charge in [-0.15, -0.1) is 0 Å². The summed E-state index contributed by atoms with van der Waals surface area (Å²) in [5.74, 6) is 0. The molecule has 0 saturated heterocycles. The summed E-state index contributed by atoms with van der Waals surface area (Å²) in [4.78, 5) is 2.54. The molecule has 1 heterocycles. The summed E-state index contributed by atoms with van der Waals surface area (Å²) in [6, 6.07) is 11.1. The molecule has 0 amide bonds. The molecular formula is C17H21ClN2S. The normalized spacial score (nSPS) is 17.9. The number of benzene rings is 1. The molecule has 1 aliphatic carbocycles. The minimum atomic E-state index is 0.0455.